The lowest BCUT2D eigenvalue weighted by Gasteiger charge is -2.15. The van der Waals surface area contributed by atoms with Crippen LogP contribution in [-0.2, 0) is 0 Å². The van der Waals surface area contributed by atoms with Crippen molar-refractivity contribution in [1.82, 2.24) is 0 Å². The van der Waals surface area contributed by atoms with E-state index in [0.717, 1.165) is 23.5 Å². The number of hydrogen-bond donors (Lipinski definition) is 1. The van der Waals surface area contributed by atoms with Crippen molar-refractivity contribution in [2.24, 2.45) is 5.73 Å². The molecule has 0 bridgehead atoms. The standard InChI is InChI=1S/C14H16BrNO2/c1-2-9-17-11-6-4-3-5-10(11)14(16)12-7-8-13(15)18-12/h3-8,14H,2,9,16H2,1H3. The molecule has 1 atom stereocenters. The summed E-state index contributed by atoms with van der Waals surface area (Å²) in [6.45, 7) is 2.76. The van der Waals surface area contributed by atoms with Gasteiger partial charge < -0.3 is 14.9 Å². The molecule has 0 aliphatic heterocycles. The van der Waals surface area contributed by atoms with E-state index in [1.807, 2.05) is 36.4 Å². The summed E-state index contributed by atoms with van der Waals surface area (Å²) in [4.78, 5) is 0. The fourth-order valence-corrected chi connectivity index (χ4v) is 2.05. The van der Waals surface area contributed by atoms with Gasteiger partial charge in [0.2, 0.25) is 0 Å². The number of para-hydroxylation sites is 1. The Morgan fingerprint density at radius 1 is 1.28 bits per heavy atom. The summed E-state index contributed by atoms with van der Waals surface area (Å²) in [5, 5.41) is 0. The molecule has 2 N–H and O–H groups in total. The van der Waals surface area contributed by atoms with Crippen molar-refractivity contribution in [3.05, 3.63) is 52.4 Å². The Labute approximate surface area is 115 Å². The Morgan fingerprint density at radius 3 is 2.72 bits per heavy atom. The second-order valence-corrected chi connectivity index (χ2v) is 4.79. The topological polar surface area (TPSA) is 48.4 Å². The lowest BCUT2D eigenvalue weighted by atomic mass is 10.0. The van der Waals surface area contributed by atoms with Gasteiger partial charge in [-0.2, -0.15) is 0 Å². The van der Waals surface area contributed by atoms with Gasteiger partial charge in [-0.25, -0.2) is 0 Å². The summed E-state index contributed by atoms with van der Waals surface area (Å²) in [5.74, 6) is 1.54. The van der Waals surface area contributed by atoms with Crippen LogP contribution < -0.4 is 10.5 Å². The van der Waals surface area contributed by atoms with Gasteiger partial charge in [-0.15, -0.1) is 0 Å². The second-order valence-electron chi connectivity index (χ2n) is 4.01. The Morgan fingerprint density at radius 2 is 2.06 bits per heavy atom. The van der Waals surface area contributed by atoms with Gasteiger partial charge >= 0.3 is 0 Å². The van der Waals surface area contributed by atoms with Crippen LogP contribution in [-0.4, -0.2) is 6.61 Å². The van der Waals surface area contributed by atoms with E-state index in [-0.39, 0.29) is 6.04 Å². The Kier molecular flexibility index (Phi) is 4.44. The molecule has 0 aliphatic rings. The molecule has 0 saturated carbocycles. The van der Waals surface area contributed by atoms with Gasteiger partial charge in [0.1, 0.15) is 11.5 Å². The predicted molar refractivity (Wildman–Crippen MR) is 74.7 cm³/mol. The average molecular weight is 310 g/mol. The molecule has 1 aromatic carbocycles. The molecule has 1 aromatic heterocycles. The Hall–Kier alpha value is -1.26. The normalized spacial score (nSPS) is 12.4. The Balaban J connectivity index is 2.26. The van der Waals surface area contributed by atoms with Crippen LogP contribution in [0.5, 0.6) is 5.75 Å². The van der Waals surface area contributed by atoms with Crippen molar-refractivity contribution in [1.29, 1.82) is 0 Å². The number of benzene rings is 1. The molecule has 18 heavy (non-hydrogen) atoms. The van der Waals surface area contributed by atoms with Crippen molar-refractivity contribution in [3.8, 4) is 5.75 Å². The molecule has 2 aromatic rings. The van der Waals surface area contributed by atoms with Crippen molar-refractivity contribution in [3.63, 3.8) is 0 Å². The van der Waals surface area contributed by atoms with Gasteiger partial charge in [0.05, 0.1) is 12.6 Å². The van der Waals surface area contributed by atoms with Crippen molar-refractivity contribution in [2.45, 2.75) is 19.4 Å². The zero-order chi connectivity index (χ0) is 13.0. The average Bonchev–Trinajstić information content (AvgIpc) is 2.82. The van der Waals surface area contributed by atoms with E-state index < -0.39 is 0 Å². The summed E-state index contributed by atoms with van der Waals surface area (Å²) in [7, 11) is 0. The third-order valence-electron chi connectivity index (χ3n) is 2.62. The lowest BCUT2D eigenvalue weighted by Crippen LogP contribution is -2.13. The SMILES string of the molecule is CCCOc1ccccc1C(N)c1ccc(Br)o1. The van der Waals surface area contributed by atoms with Gasteiger partial charge in [0.15, 0.2) is 4.67 Å². The summed E-state index contributed by atoms with van der Waals surface area (Å²) in [6.07, 6.45) is 0.968. The first-order chi connectivity index (χ1) is 8.72. The zero-order valence-electron chi connectivity index (χ0n) is 10.2. The quantitative estimate of drug-likeness (QED) is 0.911. The smallest absolute Gasteiger partial charge is 0.169 e. The van der Waals surface area contributed by atoms with Crippen molar-refractivity contribution >= 4 is 15.9 Å². The van der Waals surface area contributed by atoms with E-state index in [9.17, 15) is 0 Å². The number of nitrogens with two attached hydrogens (primary N) is 1. The molecule has 0 saturated heterocycles. The van der Waals surface area contributed by atoms with Crippen molar-refractivity contribution in [2.75, 3.05) is 6.61 Å². The van der Waals surface area contributed by atoms with Crippen LogP contribution in [0.2, 0.25) is 0 Å². The van der Waals surface area contributed by atoms with Gasteiger partial charge in [-0.05, 0) is 40.5 Å². The first-order valence-electron chi connectivity index (χ1n) is 5.95. The molecule has 0 spiro atoms. The second kappa shape index (κ2) is 6.07. The number of furan rings is 1. The first kappa shape index (κ1) is 13.2. The minimum Gasteiger partial charge on any atom is -0.493 e. The Bertz CT molecular complexity index is 510. The zero-order valence-corrected chi connectivity index (χ0v) is 11.8. The molecular weight excluding hydrogens is 294 g/mol. The third kappa shape index (κ3) is 2.94. The monoisotopic (exact) mass is 309 g/mol. The van der Waals surface area contributed by atoms with Crippen LogP contribution in [0, 0.1) is 0 Å². The molecule has 3 nitrogen and oxygen atoms in total. The van der Waals surface area contributed by atoms with E-state index >= 15 is 0 Å². The predicted octanol–water partition coefficient (Wildman–Crippen LogP) is 3.88. The molecule has 96 valence electrons. The minimum absolute atomic E-state index is 0.315. The van der Waals surface area contributed by atoms with E-state index in [4.69, 9.17) is 14.9 Å². The highest BCUT2D eigenvalue weighted by molar-refractivity contribution is 9.10. The molecule has 0 fully saturated rings. The fourth-order valence-electron chi connectivity index (χ4n) is 1.73. The highest BCUT2D eigenvalue weighted by atomic mass is 79.9. The van der Waals surface area contributed by atoms with Crippen LogP contribution in [0.25, 0.3) is 0 Å². The molecule has 1 heterocycles. The summed E-state index contributed by atoms with van der Waals surface area (Å²) >= 11 is 3.28. The highest BCUT2D eigenvalue weighted by Gasteiger charge is 2.16. The molecule has 1 unspecified atom stereocenters. The molecule has 0 aliphatic carbocycles. The van der Waals surface area contributed by atoms with Crippen molar-refractivity contribution < 1.29 is 9.15 Å². The fraction of sp³-hybridized carbons (Fsp3) is 0.286. The van der Waals surface area contributed by atoms with Crippen LogP contribution in [0.3, 0.4) is 0 Å². The maximum absolute atomic E-state index is 6.21. The number of ether oxygens (including phenoxy) is 1. The van der Waals surface area contributed by atoms with Crippen LogP contribution in [0.15, 0.2) is 45.5 Å². The molecule has 0 amide bonds. The molecular formula is C14H16BrNO2. The van der Waals surface area contributed by atoms with Gasteiger partial charge in [-0.3, -0.25) is 0 Å². The van der Waals surface area contributed by atoms with Crippen LogP contribution >= 0.6 is 15.9 Å². The largest absolute Gasteiger partial charge is 0.493 e. The number of halogens is 1. The maximum Gasteiger partial charge on any atom is 0.169 e. The van der Waals surface area contributed by atoms with Crippen LogP contribution in [0.4, 0.5) is 0 Å². The van der Waals surface area contributed by atoms with Gasteiger partial charge in [0.25, 0.3) is 0 Å². The summed E-state index contributed by atoms with van der Waals surface area (Å²) in [6, 6.07) is 11.2. The van der Waals surface area contributed by atoms with Gasteiger partial charge in [-0.1, -0.05) is 25.1 Å². The summed E-state index contributed by atoms with van der Waals surface area (Å²) in [5.41, 5.74) is 7.15. The number of hydrogen-bond acceptors (Lipinski definition) is 3. The molecule has 2 rings (SSSR count). The van der Waals surface area contributed by atoms with E-state index in [2.05, 4.69) is 22.9 Å². The van der Waals surface area contributed by atoms with Crippen LogP contribution in [0.1, 0.15) is 30.7 Å². The summed E-state index contributed by atoms with van der Waals surface area (Å²) < 4.78 is 11.9. The van der Waals surface area contributed by atoms with E-state index in [1.54, 1.807) is 0 Å². The van der Waals surface area contributed by atoms with E-state index in [1.165, 1.54) is 0 Å². The molecule has 4 heteroatoms. The minimum atomic E-state index is -0.315. The number of rotatable bonds is 5. The maximum atomic E-state index is 6.21. The first-order valence-corrected chi connectivity index (χ1v) is 6.74. The highest BCUT2D eigenvalue weighted by Crippen LogP contribution is 2.30. The van der Waals surface area contributed by atoms with Gasteiger partial charge in [0, 0.05) is 5.56 Å². The van der Waals surface area contributed by atoms with E-state index in [0.29, 0.717) is 11.3 Å². The molecule has 0 radical (unpaired) electrons. The lowest BCUT2D eigenvalue weighted by molar-refractivity contribution is 0.312. The third-order valence-corrected chi connectivity index (χ3v) is 3.04.